The zero-order valence-corrected chi connectivity index (χ0v) is 17.3. The number of nitrogens with two attached hydrogens (primary N) is 1. The van der Waals surface area contributed by atoms with Crippen LogP contribution in [-0.2, 0) is 9.53 Å². The second-order valence-electron chi connectivity index (χ2n) is 5.78. The van der Waals surface area contributed by atoms with Gasteiger partial charge in [-0.05, 0) is 43.7 Å². The molecule has 0 fully saturated rings. The van der Waals surface area contributed by atoms with Crippen LogP contribution in [0.5, 0.6) is 11.5 Å². The normalized spacial score (nSPS) is 10.6. The van der Waals surface area contributed by atoms with Crippen LogP contribution in [0.4, 0.5) is 5.00 Å². The summed E-state index contributed by atoms with van der Waals surface area (Å²) in [5.74, 6) is -0.657. The predicted molar refractivity (Wildman–Crippen MR) is 111 cm³/mol. The highest BCUT2D eigenvalue weighted by Crippen LogP contribution is 2.33. The van der Waals surface area contributed by atoms with Crippen LogP contribution >= 0.6 is 11.3 Å². The molecule has 9 heteroatoms. The summed E-state index contributed by atoms with van der Waals surface area (Å²) in [6, 6.07) is 5.17. The van der Waals surface area contributed by atoms with E-state index in [-0.39, 0.29) is 22.0 Å². The van der Waals surface area contributed by atoms with Crippen LogP contribution in [0.2, 0.25) is 0 Å². The fourth-order valence-corrected chi connectivity index (χ4v) is 3.62. The van der Waals surface area contributed by atoms with Gasteiger partial charge in [0.2, 0.25) is 5.91 Å². The van der Waals surface area contributed by atoms with Crippen LogP contribution < -0.4 is 20.5 Å². The van der Waals surface area contributed by atoms with Crippen molar-refractivity contribution in [2.24, 2.45) is 5.73 Å². The summed E-state index contributed by atoms with van der Waals surface area (Å²) in [6.45, 7) is 3.40. The van der Waals surface area contributed by atoms with Crippen molar-refractivity contribution < 1.29 is 28.6 Å². The van der Waals surface area contributed by atoms with E-state index in [1.165, 1.54) is 20.3 Å². The van der Waals surface area contributed by atoms with E-state index in [1.807, 2.05) is 0 Å². The van der Waals surface area contributed by atoms with Crippen LogP contribution in [0, 0.1) is 6.92 Å². The largest absolute Gasteiger partial charge is 0.497 e. The van der Waals surface area contributed by atoms with Gasteiger partial charge in [-0.25, -0.2) is 4.79 Å². The van der Waals surface area contributed by atoms with E-state index in [0.29, 0.717) is 22.6 Å². The Kier molecular flexibility index (Phi) is 7.38. The maximum atomic E-state index is 12.4. The van der Waals surface area contributed by atoms with E-state index in [9.17, 15) is 14.4 Å². The Morgan fingerprint density at radius 2 is 1.93 bits per heavy atom. The molecule has 3 N–H and O–H groups in total. The lowest BCUT2D eigenvalue weighted by Crippen LogP contribution is -2.13. The van der Waals surface area contributed by atoms with Crippen molar-refractivity contribution in [3.05, 3.63) is 45.8 Å². The van der Waals surface area contributed by atoms with E-state index in [0.717, 1.165) is 11.3 Å². The standard InChI is InChI=1S/C20H22N2O6S/c1-5-28-20(25)16-11(2)17(18(21)24)29-19(16)22-15(23)9-6-12-10-13(26-3)7-8-14(12)27-4/h6-10H,5H2,1-4H3,(H2,21,24)(H,22,23)/b9-6+. The fraction of sp³-hybridized carbons (Fsp3) is 0.250. The SMILES string of the molecule is CCOC(=O)c1c(NC(=O)/C=C/c2cc(OC)ccc2OC)sc(C(N)=O)c1C. The van der Waals surface area contributed by atoms with Gasteiger partial charge in [0.05, 0.1) is 31.3 Å². The molecule has 0 saturated heterocycles. The van der Waals surface area contributed by atoms with Gasteiger partial charge in [-0.2, -0.15) is 0 Å². The third-order valence-corrected chi connectivity index (χ3v) is 5.16. The van der Waals surface area contributed by atoms with Crippen molar-refractivity contribution in [3.63, 3.8) is 0 Å². The van der Waals surface area contributed by atoms with Gasteiger partial charge in [0.25, 0.3) is 5.91 Å². The number of esters is 1. The molecule has 0 aliphatic rings. The van der Waals surface area contributed by atoms with Gasteiger partial charge in [0.15, 0.2) is 0 Å². The third-order valence-electron chi connectivity index (χ3n) is 3.94. The lowest BCUT2D eigenvalue weighted by atomic mass is 10.1. The van der Waals surface area contributed by atoms with Crippen molar-refractivity contribution in [1.29, 1.82) is 0 Å². The Labute approximate surface area is 172 Å². The number of amides is 2. The summed E-state index contributed by atoms with van der Waals surface area (Å²) in [5, 5.41) is 2.81. The van der Waals surface area contributed by atoms with Crippen molar-refractivity contribution in [3.8, 4) is 11.5 Å². The monoisotopic (exact) mass is 418 g/mol. The highest BCUT2D eigenvalue weighted by Gasteiger charge is 2.25. The minimum atomic E-state index is -0.685. The summed E-state index contributed by atoms with van der Waals surface area (Å²) in [4.78, 5) is 36.5. The molecule has 2 aromatic rings. The minimum absolute atomic E-state index is 0.117. The zero-order valence-electron chi connectivity index (χ0n) is 16.5. The number of benzene rings is 1. The highest BCUT2D eigenvalue weighted by molar-refractivity contribution is 7.18. The van der Waals surface area contributed by atoms with Crippen molar-refractivity contribution in [2.45, 2.75) is 13.8 Å². The van der Waals surface area contributed by atoms with E-state index >= 15 is 0 Å². The molecule has 29 heavy (non-hydrogen) atoms. The number of primary amides is 1. The molecule has 2 rings (SSSR count). The van der Waals surface area contributed by atoms with Crippen molar-refractivity contribution in [1.82, 2.24) is 0 Å². The molecule has 0 unspecified atom stereocenters. The molecule has 8 nitrogen and oxygen atoms in total. The first-order valence-electron chi connectivity index (χ1n) is 8.63. The maximum absolute atomic E-state index is 12.4. The zero-order chi connectivity index (χ0) is 21.6. The van der Waals surface area contributed by atoms with Crippen LogP contribution in [0.25, 0.3) is 6.08 Å². The van der Waals surface area contributed by atoms with Gasteiger partial charge in [0, 0.05) is 11.6 Å². The topological polar surface area (TPSA) is 117 Å². The first kappa shape index (κ1) is 22.0. The van der Waals surface area contributed by atoms with Crippen molar-refractivity contribution >= 4 is 40.2 Å². The van der Waals surface area contributed by atoms with Gasteiger partial charge in [-0.3, -0.25) is 9.59 Å². The minimum Gasteiger partial charge on any atom is -0.497 e. The van der Waals surface area contributed by atoms with Crippen LogP contribution in [0.15, 0.2) is 24.3 Å². The second-order valence-corrected chi connectivity index (χ2v) is 6.80. The Balaban J connectivity index is 2.31. The van der Waals surface area contributed by atoms with E-state index < -0.39 is 17.8 Å². The number of rotatable bonds is 8. The van der Waals surface area contributed by atoms with Gasteiger partial charge in [-0.15, -0.1) is 11.3 Å². The maximum Gasteiger partial charge on any atom is 0.341 e. The number of ether oxygens (including phenoxy) is 3. The molecule has 2 amide bonds. The molecule has 0 radical (unpaired) electrons. The Morgan fingerprint density at radius 3 is 2.52 bits per heavy atom. The Hall–Kier alpha value is -3.33. The fourth-order valence-electron chi connectivity index (χ4n) is 2.57. The van der Waals surface area contributed by atoms with Gasteiger partial charge in [-0.1, -0.05) is 0 Å². The molecular formula is C20H22N2O6S. The first-order valence-corrected chi connectivity index (χ1v) is 9.45. The molecule has 154 valence electrons. The van der Waals surface area contributed by atoms with Crippen LogP contribution in [0.1, 0.15) is 38.1 Å². The van der Waals surface area contributed by atoms with Gasteiger partial charge in [0.1, 0.15) is 16.5 Å². The molecule has 0 atom stereocenters. The molecule has 0 bridgehead atoms. The number of carbonyl (C=O) groups is 3. The number of nitrogens with one attached hydrogen (secondary N) is 1. The predicted octanol–water partition coefficient (Wildman–Crippen LogP) is 3.00. The van der Waals surface area contributed by atoms with Crippen LogP contribution in [-0.4, -0.2) is 38.6 Å². The van der Waals surface area contributed by atoms with Gasteiger partial charge >= 0.3 is 5.97 Å². The van der Waals surface area contributed by atoms with Gasteiger partial charge < -0.3 is 25.3 Å². The quantitative estimate of drug-likeness (QED) is 0.503. The second kappa shape index (κ2) is 9.74. The molecule has 1 aromatic carbocycles. The number of hydrogen-bond acceptors (Lipinski definition) is 7. The van der Waals surface area contributed by atoms with E-state index in [4.69, 9.17) is 19.9 Å². The van der Waals surface area contributed by atoms with E-state index in [1.54, 1.807) is 38.1 Å². The molecular weight excluding hydrogens is 396 g/mol. The smallest absolute Gasteiger partial charge is 0.341 e. The molecule has 0 saturated carbocycles. The summed E-state index contributed by atoms with van der Waals surface area (Å²) < 4.78 is 15.5. The van der Waals surface area contributed by atoms with Crippen molar-refractivity contribution in [2.75, 3.05) is 26.1 Å². The first-order chi connectivity index (χ1) is 13.8. The lowest BCUT2D eigenvalue weighted by molar-refractivity contribution is -0.111. The summed E-state index contributed by atoms with van der Waals surface area (Å²) in [6.07, 6.45) is 2.83. The molecule has 0 aliphatic carbocycles. The number of hydrogen-bond donors (Lipinski definition) is 2. The molecule has 1 heterocycles. The average Bonchev–Trinajstić information content (AvgIpc) is 3.02. The number of carbonyl (C=O) groups excluding carboxylic acids is 3. The highest BCUT2D eigenvalue weighted by atomic mass is 32.1. The van der Waals surface area contributed by atoms with Crippen LogP contribution in [0.3, 0.4) is 0 Å². The molecule has 0 spiro atoms. The number of thiophene rings is 1. The summed E-state index contributed by atoms with van der Waals surface area (Å²) in [7, 11) is 3.05. The van der Waals surface area contributed by atoms with E-state index in [2.05, 4.69) is 5.32 Å². The number of methoxy groups -OCH3 is 2. The summed E-state index contributed by atoms with van der Waals surface area (Å²) in [5.41, 5.74) is 6.48. The lowest BCUT2D eigenvalue weighted by Gasteiger charge is -2.07. The third kappa shape index (κ3) is 5.14. The summed E-state index contributed by atoms with van der Waals surface area (Å²) >= 11 is 0.926. The molecule has 1 aromatic heterocycles. The Bertz CT molecular complexity index is 964. The Morgan fingerprint density at radius 1 is 1.21 bits per heavy atom. The average molecular weight is 418 g/mol. The molecule has 0 aliphatic heterocycles. The number of anilines is 1.